The number of ether oxygens (including phenoxy) is 1. The van der Waals surface area contributed by atoms with E-state index in [0.29, 0.717) is 12.1 Å². The van der Waals surface area contributed by atoms with E-state index in [9.17, 15) is 0 Å². The summed E-state index contributed by atoms with van der Waals surface area (Å²) < 4.78 is 10.9. The van der Waals surface area contributed by atoms with Gasteiger partial charge in [-0.25, -0.2) is 0 Å². The second kappa shape index (κ2) is 6.27. The van der Waals surface area contributed by atoms with Crippen molar-refractivity contribution < 1.29 is 9.15 Å². The van der Waals surface area contributed by atoms with Gasteiger partial charge in [0, 0.05) is 12.1 Å². The van der Waals surface area contributed by atoms with E-state index in [0.717, 1.165) is 22.8 Å². The second-order valence-corrected chi connectivity index (χ2v) is 4.69. The maximum atomic E-state index is 8.88. The molecule has 4 heteroatoms. The predicted molar refractivity (Wildman–Crippen MR) is 76.4 cm³/mol. The molecule has 0 aliphatic heterocycles. The average molecular weight is 270 g/mol. The van der Waals surface area contributed by atoms with Gasteiger partial charge in [-0.15, -0.1) is 0 Å². The van der Waals surface area contributed by atoms with Crippen LogP contribution in [0.2, 0.25) is 0 Å². The minimum absolute atomic E-state index is 0.115. The third kappa shape index (κ3) is 3.19. The Bertz CT molecular complexity index is 626. The average Bonchev–Trinajstić information content (AvgIpc) is 2.91. The van der Waals surface area contributed by atoms with Crippen LogP contribution in [0.3, 0.4) is 0 Å². The Morgan fingerprint density at radius 1 is 1.35 bits per heavy atom. The first kappa shape index (κ1) is 14.2. The van der Waals surface area contributed by atoms with Crippen LogP contribution in [0.15, 0.2) is 34.7 Å². The molecule has 20 heavy (non-hydrogen) atoms. The predicted octanol–water partition coefficient (Wildman–Crippen LogP) is 3.32. The number of nitrogens with one attached hydrogen (secondary N) is 1. The van der Waals surface area contributed by atoms with Gasteiger partial charge in [-0.1, -0.05) is 6.07 Å². The zero-order valence-corrected chi connectivity index (χ0v) is 11.9. The highest BCUT2D eigenvalue weighted by Crippen LogP contribution is 2.22. The molecule has 1 heterocycles. The number of nitrogens with zero attached hydrogens (tertiary/aromatic N) is 1. The number of methoxy groups -OCH3 is 1. The Kier molecular flexibility index (Phi) is 4.44. The van der Waals surface area contributed by atoms with E-state index < -0.39 is 0 Å². The standard InChI is InChI=1S/C16H18N2O2/c1-11-4-7-15(20-11)12(2)18-10-14-6-5-13(9-17)8-16(14)19-3/h4-8,12,18H,10H2,1-3H3/t12-/m0/s1. The fraction of sp³-hybridized carbons (Fsp3) is 0.312. The monoisotopic (exact) mass is 270 g/mol. The van der Waals surface area contributed by atoms with Gasteiger partial charge in [0.2, 0.25) is 0 Å². The normalized spacial score (nSPS) is 11.9. The van der Waals surface area contributed by atoms with Gasteiger partial charge in [0.25, 0.3) is 0 Å². The van der Waals surface area contributed by atoms with Crippen LogP contribution in [0.25, 0.3) is 0 Å². The Morgan fingerprint density at radius 3 is 2.75 bits per heavy atom. The minimum Gasteiger partial charge on any atom is -0.496 e. The molecule has 0 aliphatic carbocycles. The molecule has 0 saturated heterocycles. The van der Waals surface area contributed by atoms with Crippen LogP contribution >= 0.6 is 0 Å². The van der Waals surface area contributed by atoms with Gasteiger partial charge in [-0.05, 0) is 38.1 Å². The fourth-order valence-electron chi connectivity index (χ4n) is 2.01. The third-order valence-corrected chi connectivity index (χ3v) is 3.20. The molecule has 1 aromatic heterocycles. The lowest BCUT2D eigenvalue weighted by Gasteiger charge is -2.14. The van der Waals surface area contributed by atoms with E-state index in [1.54, 1.807) is 19.2 Å². The quantitative estimate of drug-likeness (QED) is 0.905. The van der Waals surface area contributed by atoms with Crippen LogP contribution in [0.4, 0.5) is 0 Å². The highest BCUT2D eigenvalue weighted by atomic mass is 16.5. The van der Waals surface area contributed by atoms with E-state index in [-0.39, 0.29) is 6.04 Å². The molecule has 2 rings (SSSR count). The number of benzene rings is 1. The van der Waals surface area contributed by atoms with Crippen molar-refractivity contribution in [2.24, 2.45) is 0 Å². The zero-order valence-electron chi connectivity index (χ0n) is 11.9. The van der Waals surface area contributed by atoms with Crippen LogP contribution in [0, 0.1) is 18.3 Å². The number of rotatable bonds is 5. The van der Waals surface area contributed by atoms with E-state index in [2.05, 4.69) is 11.4 Å². The van der Waals surface area contributed by atoms with Gasteiger partial charge >= 0.3 is 0 Å². The third-order valence-electron chi connectivity index (χ3n) is 3.20. The molecule has 0 unspecified atom stereocenters. The topological polar surface area (TPSA) is 58.2 Å². The highest BCUT2D eigenvalue weighted by Gasteiger charge is 2.11. The largest absolute Gasteiger partial charge is 0.496 e. The lowest BCUT2D eigenvalue weighted by Crippen LogP contribution is -2.18. The smallest absolute Gasteiger partial charge is 0.124 e. The van der Waals surface area contributed by atoms with Crippen LogP contribution < -0.4 is 10.1 Å². The van der Waals surface area contributed by atoms with Crippen LogP contribution in [-0.4, -0.2) is 7.11 Å². The molecule has 0 amide bonds. The first-order valence-electron chi connectivity index (χ1n) is 6.50. The van der Waals surface area contributed by atoms with Gasteiger partial charge in [0.05, 0.1) is 24.8 Å². The summed E-state index contributed by atoms with van der Waals surface area (Å²) in [6.45, 7) is 4.63. The SMILES string of the molecule is COc1cc(C#N)ccc1CN[C@@H](C)c1ccc(C)o1. The number of aryl methyl sites for hydroxylation is 1. The molecule has 1 aromatic carbocycles. The zero-order chi connectivity index (χ0) is 14.5. The summed E-state index contributed by atoms with van der Waals surface area (Å²) >= 11 is 0. The van der Waals surface area contributed by atoms with Crippen molar-refractivity contribution in [2.45, 2.75) is 26.4 Å². The Hall–Kier alpha value is -2.25. The first-order chi connectivity index (χ1) is 9.63. The maximum absolute atomic E-state index is 8.88. The van der Waals surface area contributed by atoms with Gasteiger partial charge in [-0.3, -0.25) is 0 Å². The molecular formula is C16H18N2O2. The fourth-order valence-corrected chi connectivity index (χ4v) is 2.01. The molecular weight excluding hydrogens is 252 g/mol. The van der Waals surface area contributed by atoms with E-state index in [1.165, 1.54) is 0 Å². The van der Waals surface area contributed by atoms with Crippen LogP contribution in [0.1, 0.15) is 35.6 Å². The lowest BCUT2D eigenvalue weighted by molar-refractivity contribution is 0.395. The summed E-state index contributed by atoms with van der Waals surface area (Å²) in [5.41, 5.74) is 1.61. The summed E-state index contributed by atoms with van der Waals surface area (Å²) in [6, 6.07) is 11.6. The number of hydrogen-bond acceptors (Lipinski definition) is 4. The van der Waals surface area contributed by atoms with Crippen molar-refractivity contribution in [3.05, 3.63) is 53.0 Å². The van der Waals surface area contributed by atoms with E-state index >= 15 is 0 Å². The summed E-state index contributed by atoms with van der Waals surface area (Å²) in [6.07, 6.45) is 0. The van der Waals surface area contributed by atoms with Crippen LogP contribution in [-0.2, 0) is 6.54 Å². The highest BCUT2D eigenvalue weighted by molar-refractivity contribution is 5.42. The van der Waals surface area contributed by atoms with Crippen molar-refractivity contribution in [2.75, 3.05) is 7.11 Å². The molecule has 2 aromatic rings. The summed E-state index contributed by atoms with van der Waals surface area (Å²) in [4.78, 5) is 0. The molecule has 0 aliphatic rings. The lowest BCUT2D eigenvalue weighted by atomic mass is 10.1. The van der Waals surface area contributed by atoms with Crippen molar-refractivity contribution in [3.8, 4) is 11.8 Å². The molecule has 0 bridgehead atoms. The molecule has 0 spiro atoms. The summed E-state index contributed by atoms with van der Waals surface area (Å²) in [5, 5.41) is 12.3. The molecule has 1 N–H and O–H groups in total. The molecule has 0 radical (unpaired) electrons. The summed E-state index contributed by atoms with van der Waals surface area (Å²) in [7, 11) is 1.61. The molecule has 0 saturated carbocycles. The van der Waals surface area contributed by atoms with Crippen molar-refractivity contribution in [1.82, 2.24) is 5.32 Å². The number of furan rings is 1. The number of hydrogen-bond donors (Lipinski definition) is 1. The van der Waals surface area contributed by atoms with Crippen LogP contribution in [0.5, 0.6) is 5.75 Å². The molecule has 0 fully saturated rings. The Balaban J connectivity index is 2.05. The van der Waals surface area contributed by atoms with Crippen molar-refractivity contribution in [3.63, 3.8) is 0 Å². The van der Waals surface area contributed by atoms with Gasteiger partial charge < -0.3 is 14.5 Å². The molecule has 1 atom stereocenters. The second-order valence-electron chi connectivity index (χ2n) is 4.69. The van der Waals surface area contributed by atoms with Gasteiger partial charge in [-0.2, -0.15) is 5.26 Å². The Morgan fingerprint density at radius 2 is 2.15 bits per heavy atom. The van der Waals surface area contributed by atoms with Gasteiger partial charge in [0.15, 0.2) is 0 Å². The molecule has 104 valence electrons. The first-order valence-corrected chi connectivity index (χ1v) is 6.50. The molecule has 4 nitrogen and oxygen atoms in total. The minimum atomic E-state index is 0.115. The number of nitriles is 1. The van der Waals surface area contributed by atoms with Crippen molar-refractivity contribution >= 4 is 0 Å². The van der Waals surface area contributed by atoms with Gasteiger partial charge in [0.1, 0.15) is 17.3 Å². The van der Waals surface area contributed by atoms with E-state index in [4.69, 9.17) is 14.4 Å². The van der Waals surface area contributed by atoms with Crippen molar-refractivity contribution in [1.29, 1.82) is 5.26 Å². The summed E-state index contributed by atoms with van der Waals surface area (Å²) in [5.74, 6) is 2.54. The van der Waals surface area contributed by atoms with E-state index in [1.807, 2.05) is 32.0 Å². The Labute approximate surface area is 119 Å². The maximum Gasteiger partial charge on any atom is 0.124 e.